The molecule has 2 aromatic carbocycles. The minimum absolute atomic E-state index is 0.119. The van der Waals surface area contributed by atoms with Crippen molar-refractivity contribution in [1.82, 2.24) is 4.90 Å². The molecule has 0 saturated carbocycles. The van der Waals surface area contributed by atoms with E-state index >= 15 is 0 Å². The largest absolute Gasteiger partial charge is 0.367 e. The van der Waals surface area contributed by atoms with E-state index in [2.05, 4.69) is 41.0 Å². The van der Waals surface area contributed by atoms with Gasteiger partial charge in [0.2, 0.25) is 0 Å². The smallest absolute Gasteiger partial charge is 0.146 e. The predicted octanol–water partition coefficient (Wildman–Crippen LogP) is 3.71. The summed E-state index contributed by atoms with van der Waals surface area (Å²) in [6.07, 6.45) is 1.08. The van der Waals surface area contributed by atoms with Crippen LogP contribution >= 0.6 is 0 Å². The lowest BCUT2D eigenvalue weighted by Gasteiger charge is -2.36. The van der Waals surface area contributed by atoms with Crippen LogP contribution < -0.4 is 4.90 Å². The lowest BCUT2D eigenvalue weighted by molar-refractivity contribution is 0.249. The van der Waals surface area contributed by atoms with Crippen molar-refractivity contribution in [2.24, 2.45) is 0 Å². The Morgan fingerprint density at radius 3 is 2.14 bits per heavy atom. The molecule has 0 aromatic heterocycles. The Labute approximate surface area is 132 Å². The van der Waals surface area contributed by atoms with Crippen LogP contribution in [-0.4, -0.2) is 31.1 Å². The summed E-state index contributed by atoms with van der Waals surface area (Å²) >= 11 is 0. The molecule has 0 bridgehead atoms. The Morgan fingerprint density at radius 2 is 1.50 bits per heavy atom. The molecule has 1 aliphatic rings. The van der Waals surface area contributed by atoms with Crippen LogP contribution in [0.4, 0.5) is 10.1 Å². The van der Waals surface area contributed by atoms with Gasteiger partial charge in [-0.15, -0.1) is 0 Å². The zero-order valence-electron chi connectivity index (χ0n) is 13.1. The quantitative estimate of drug-likeness (QED) is 0.849. The van der Waals surface area contributed by atoms with E-state index in [0.29, 0.717) is 0 Å². The number of hydrogen-bond donors (Lipinski definition) is 0. The first-order valence-corrected chi connectivity index (χ1v) is 8.06. The average molecular weight is 298 g/mol. The van der Waals surface area contributed by atoms with Crippen LogP contribution in [0.2, 0.25) is 0 Å². The van der Waals surface area contributed by atoms with Gasteiger partial charge in [-0.1, -0.05) is 43.3 Å². The molecule has 116 valence electrons. The highest BCUT2D eigenvalue weighted by atomic mass is 19.1. The van der Waals surface area contributed by atoms with Crippen molar-refractivity contribution in [3.05, 3.63) is 65.5 Å². The third kappa shape index (κ3) is 3.47. The van der Waals surface area contributed by atoms with Gasteiger partial charge in [0.25, 0.3) is 0 Å². The Hall–Kier alpha value is -1.87. The fourth-order valence-electron chi connectivity index (χ4n) is 2.99. The Balaban J connectivity index is 1.56. The van der Waals surface area contributed by atoms with E-state index in [1.807, 2.05) is 12.1 Å². The maximum absolute atomic E-state index is 13.8. The van der Waals surface area contributed by atoms with Crippen molar-refractivity contribution in [2.75, 3.05) is 31.1 Å². The fourth-order valence-corrected chi connectivity index (χ4v) is 2.99. The maximum Gasteiger partial charge on any atom is 0.146 e. The second kappa shape index (κ2) is 6.93. The monoisotopic (exact) mass is 298 g/mol. The molecule has 0 spiro atoms. The van der Waals surface area contributed by atoms with Crippen LogP contribution in [0.3, 0.4) is 0 Å². The molecule has 1 aliphatic heterocycles. The van der Waals surface area contributed by atoms with Gasteiger partial charge < -0.3 is 4.90 Å². The third-order valence-electron chi connectivity index (χ3n) is 4.40. The first kappa shape index (κ1) is 15.0. The number of aryl methyl sites for hydroxylation is 1. The van der Waals surface area contributed by atoms with E-state index in [-0.39, 0.29) is 5.82 Å². The summed E-state index contributed by atoms with van der Waals surface area (Å²) in [6, 6.07) is 15.9. The second-order valence-corrected chi connectivity index (χ2v) is 5.88. The highest BCUT2D eigenvalue weighted by molar-refractivity contribution is 5.48. The summed E-state index contributed by atoms with van der Waals surface area (Å²) in [5.74, 6) is -0.119. The highest BCUT2D eigenvalue weighted by Crippen LogP contribution is 2.20. The molecule has 22 heavy (non-hydrogen) atoms. The van der Waals surface area contributed by atoms with Crippen molar-refractivity contribution < 1.29 is 4.39 Å². The van der Waals surface area contributed by atoms with Crippen molar-refractivity contribution in [1.29, 1.82) is 0 Å². The normalized spacial score (nSPS) is 16.0. The molecule has 0 N–H and O–H groups in total. The Kier molecular flexibility index (Phi) is 4.74. The molecule has 3 heteroatoms. The van der Waals surface area contributed by atoms with Crippen molar-refractivity contribution in [3.8, 4) is 0 Å². The summed E-state index contributed by atoms with van der Waals surface area (Å²) in [5.41, 5.74) is 3.47. The van der Waals surface area contributed by atoms with Gasteiger partial charge in [-0.2, -0.15) is 0 Å². The SMILES string of the molecule is CCc1ccc(CN2CCN(c3ccccc3F)CC2)cc1. The van der Waals surface area contributed by atoms with E-state index in [4.69, 9.17) is 0 Å². The van der Waals surface area contributed by atoms with Gasteiger partial charge in [0.1, 0.15) is 5.82 Å². The molecule has 1 saturated heterocycles. The lowest BCUT2D eigenvalue weighted by atomic mass is 10.1. The zero-order chi connectivity index (χ0) is 15.4. The van der Waals surface area contributed by atoms with Crippen LogP contribution in [-0.2, 0) is 13.0 Å². The van der Waals surface area contributed by atoms with Gasteiger partial charge in [0.15, 0.2) is 0 Å². The molecular formula is C19H23FN2. The topological polar surface area (TPSA) is 6.48 Å². The minimum Gasteiger partial charge on any atom is -0.367 e. The summed E-state index contributed by atoms with van der Waals surface area (Å²) in [6.45, 7) is 6.88. The second-order valence-electron chi connectivity index (χ2n) is 5.88. The number of piperazine rings is 1. The molecule has 2 nitrogen and oxygen atoms in total. The molecule has 3 rings (SSSR count). The summed E-state index contributed by atoms with van der Waals surface area (Å²) in [4.78, 5) is 4.59. The molecule has 0 atom stereocenters. The van der Waals surface area contributed by atoms with Gasteiger partial charge in [-0.25, -0.2) is 4.39 Å². The van der Waals surface area contributed by atoms with E-state index in [1.54, 1.807) is 6.07 Å². The van der Waals surface area contributed by atoms with Crippen LogP contribution in [0.15, 0.2) is 48.5 Å². The molecule has 0 radical (unpaired) electrons. The van der Waals surface area contributed by atoms with Crippen LogP contribution in [0.25, 0.3) is 0 Å². The molecule has 0 aliphatic carbocycles. The molecule has 2 aromatic rings. The van der Waals surface area contributed by atoms with Gasteiger partial charge in [-0.3, -0.25) is 4.90 Å². The number of rotatable bonds is 4. The van der Waals surface area contributed by atoms with Gasteiger partial charge in [0, 0.05) is 32.7 Å². The highest BCUT2D eigenvalue weighted by Gasteiger charge is 2.19. The standard InChI is InChI=1S/C19H23FN2/c1-2-16-7-9-17(10-8-16)15-21-11-13-22(14-12-21)19-6-4-3-5-18(19)20/h3-10H,2,11-15H2,1H3. The Bertz CT molecular complexity index is 601. The van der Waals surface area contributed by atoms with Gasteiger partial charge >= 0.3 is 0 Å². The minimum atomic E-state index is -0.119. The van der Waals surface area contributed by atoms with Gasteiger partial charge in [-0.05, 0) is 29.7 Å². The maximum atomic E-state index is 13.8. The Morgan fingerprint density at radius 1 is 0.864 bits per heavy atom. The molecule has 1 heterocycles. The first-order chi connectivity index (χ1) is 10.8. The first-order valence-electron chi connectivity index (χ1n) is 8.06. The van der Waals surface area contributed by atoms with E-state index < -0.39 is 0 Å². The number of hydrogen-bond acceptors (Lipinski definition) is 2. The van der Waals surface area contributed by atoms with Crippen LogP contribution in [0, 0.1) is 5.82 Å². The van der Waals surface area contributed by atoms with Gasteiger partial charge in [0.05, 0.1) is 5.69 Å². The van der Waals surface area contributed by atoms with Crippen LogP contribution in [0.5, 0.6) is 0 Å². The number of halogens is 1. The number of benzene rings is 2. The third-order valence-corrected chi connectivity index (χ3v) is 4.40. The predicted molar refractivity (Wildman–Crippen MR) is 89.7 cm³/mol. The lowest BCUT2D eigenvalue weighted by Crippen LogP contribution is -2.46. The summed E-state index contributed by atoms with van der Waals surface area (Å²) in [7, 11) is 0. The number of para-hydroxylation sites is 1. The molecular weight excluding hydrogens is 275 g/mol. The zero-order valence-corrected chi connectivity index (χ0v) is 13.1. The molecule has 0 amide bonds. The summed E-state index contributed by atoms with van der Waals surface area (Å²) < 4.78 is 13.8. The van der Waals surface area contributed by atoms with E-state index in [1.165, 1.54) is 17.2 Å². The van der Waals surface area contributed by atoms with Crippen molar-refractivity contribution in [2.45, 2.75) is 19.9 Å². The van der Waals surface area contributed by atoms with Crippen molar-refractivity contribution >= 4 is 5.69 Å². The van der Waals surface area contributed by atoms with Crippen LogP contribution in [0.1, 0.15) is 18.1 Å². The molecule has 1 fully saturated rings. The average Bonchev–Trinajstić information content (AvgIpc) is 2.57. The van der Waals surface area contributed by atoms with Crippen molar-refractivity contribution in [3.63, 3.8) is 0 Å². The summed E-state index contributed by atoms with van der Waals surface area (Å²) in [5, 5.41) is 0. The fraction of sp³-hybridized carbons (Fsp3) is 0.368. The van der Waals surface area contributed by atoms with E-state index in [9.17, 15) is 4.39 Å². The number of anilines is 1. The van der Waals surface area contributed by atoms with E-state index in [0.717, 1.165) is 44.8 Å². The molecule has 0 unspecified atom stereocenters. The number of nitrogens with zero attached hydrogens (tertiary/aromatic N) is 2.